The smallest absolute Gasteiger partial charge is 0.251 e. The largest absolute Gasteiger partial charge is 0.380 e. The molecule has 0 aliphatic rings. The van der Waals surface area contributed by atoms with Gasteiger partial charge in [0.15, 0.2) is 0 Å². The minimum atomic E-state index is -0.103. The zero-order valence-electron chi connectivity index (χ0n) is 11.5. The van der Waals surface area contributed by atoms with E-state index in [1.165, 1.54) is 0 Å². The number of aryl methyl sites for hydroxylation is 1. The van der Waals surface area contributed by atoms with Crippen LogP contribution in [0, 0.1) is 18.8 Å². The minimum Gasteiger partial charge on any atom is -0.380 e. The highest BCUT2D eigenvalue weighted by atomic mass is 16.5. The number of ether oxygens (including phenoxy) is 1. The number of benzene rings is 1. The first kappa shape index (κ1) is 15.2. The maximum atomic E-state index is 12.0. The molecule has 19 heavy (non-hydrogen) atoms. The molecule has 0 aromatic heterocycles. The summed E-state index contributed by atoms with van der Waals surface area (Å²) in [6.45, 7) is 5.81. The van der Waals surface area contributed by atoms with E-state index in [1.54, 1.807) is 6.07 Å². The lowest BCUT2D eigenvalue weighted by Crippen LogP contribution is -2.27. The second-order valence-electron chi connectivity index (χ2n) is 3.99. The van der Waals surface area contributed by atoms with E-state index in [0.29, 0.717) is 31.9 Å². The van der Waals surface area contributed by atoms with E-state index in [0.717, 1.165) is 11.1 Å². The normalized spacial score (nSPS) is 9.63. The van der Waals surface area contributed by atoms with E-state index in [2.05, 4.69) is 17.2 Å². The van der Waals surface area contributed by atoms with E-state index < -0.39 is 0 Å². The molecule has 0 saturated heterocycles. The molecule has 3 N–H and O–H groups in total. The molecular weight excluding hydrogens is 240 g/mol. The number of rotatable bonds is 5. The fourth-order valence-corrected chi connectivity index (χ4v) is 1.57. The Kier molecular flexibility index (Phi) is 6.65. The van der Waals surface area contributed by atoms with Crippen LogP contribution >= 0.6 is 0 Å². The van der Waals surface area contributed by atoms with Gasteiger partial charge in [0.05, 0.1) is 13.2 Å². The molecule has 1 aromatic rings. The van der Waals surface area contributed by atoms with Gasteiger partial charge in [-0.25, -0.2) is 0 Å². The molecule has 0 unspecified atom stereocenters. The van der Waals surface area contributed by atoms with Crippen molar-refractivity contribution in [3.05, 3.63) is 34.9 Å². The number of carbonyl (C=O) groups is 1. The average Bonchev–Trinajstić information content (AvgIpc) is 2.42. The van der Waals surface area contributed by atoms with E-state index >= 15 is 0 Å². The van der Waals surface area contributed by atoms with E-state index in [1.807, 2.05) is 26.0 Å². The lowest BCUT2D eigenvalue weighted by atomic mass is 10.0. The fraction of sp³-hybridized carbons (Fsp3) is 0.400. The summed E-state index contributed by atoms with van der Waals surface area (Å²) in [6, 6.07) is 5.56. The quantitative estimate of drug-likeness (QED) is 0.615. The van der Waals surface area contributed by atoms with Crippen molar-refractivity contribution in [1.82, 2.24) is 5.32 Å². The van der Waals surface area contributed by atoms with Gasteiger partial charge in [-0.2, -0.15) is 0 Å². The third kappa shape index (κ3) is 5.12. The van der Waals surface area contributed by atoms with Crippen molar-refractivity contribution >= 4 is 5.91 Å². The summed E-state index contributed by atoms with van der Waals surface area (Å²) in [5, 5.41) is 2.82. The monoisotopic (exact) mass is 260 g/mol. The van der Waals surface area contributed by atoms with Crippen molar-refractivity contribution < 1.29 is 9.53 Å². The second kappa shape index (κ2) is 8.30. The van der Waals surface area contributed by atoms with Gasteiger partial charge in [-0.05, 0) is 31.5 Å². The summed E-state index contributed by atoms with van der Waals surface area (Å²) in [4.78, 5) is 12.0. The lowest BCUT2D eigenvalue weighted by molar-refractivity contribution is 0.0922. The molecule has 0 atom stereocenters. The van der Waals surface area contributed by atoms with Gasteiger partial charge in [-0.3, -0.25) is 4.79 Å². The van der Waals surface area contributed by atoms with Crippen LogP contribution in [0.1, 0.15) is 28.4 Å². The first-order valence-electron chi connectivity index (χ1n) is 6.34. The van der Waals surface area contributed by atoms with Crippen molar-refractivity contribution in [3.8, 4) is 11.8 Å². The highest BCUT2D eigenvalue weighted by Crippen LogP contribution is 2.10. The van der Waals surface area contributed by atoms with Crippen molar-refractivity contribution in [2.24, 2.45) is 5.73 Å². The van der Waals surface area contributed by atoms with Crippen molar-refractivity contribution in [2.45, 2.75) is 13.8 Å². The van der Waals surface area contributed by atoms with Gasteiger partial charge in [0.25, 0.3) is 5.91 Å². The van der Waals surface area contributed by atoms with E-state index in [4.69, 9.17) is 10.5 Å². The SMILES string of the molecule is CCOCCNC(=O)c1cc(C#CCN)ccc1C. The topological polar surface area (TPSA) is 64.3 Å². The first-order valence-corrected chi connectivity index (χ1v) is 6.34. The summed E-state index contributed by atoms with van der Waals surface area (Å²) >= 11 is 0. The molecule has 0 heterocycles. The van der Waals surface area contributed by atoms with Crippen LogP contribution < -0.4 is 11.1 Å². The first-order chi connectivity index (χ1) is 9.19. The maximum absolute atomic E-state index is 12.0. The Morgan fingerprint density at radius 1 is 1.47 bits per heavy atom. The summed E-state index contributed by atoms with van der Waals surface area (Å²) < 4.78 is 5.18. The van der Waals surface area contributed by atoms with Crippen LogP contribution in [0.3, 0.4) is 0 Å². The van der Waals surface area contributed by atoms with Crippen LogP contribution in [0.25, 0.3) is 0 Å². The number of hydrogen-bond donors (Lipinski definition) is 2. The van der Waals surface area contributed by atoms with E-state index in [9.17, 15) is 4.79 Å². The lowest BCUT2D eigenvalue weighted by Gasteiger charge is -2.08. The van der Waals surface area contributed by atoms with Gasteiger partial charge in [-0.1, -0.05) is 17.9 Å². The zero-order valence-corrected chi connectivity index (χ0v) is 11.5. The van der Waals surface area contributed by atoms with Crippen molar-refractivity contribution in [2.75, 3.05) is 26.3 Å². The summed E-state index contributed by atoms with van der Waals surface area (Å²) in [7, 11) is 0. The van der Waals surface area contributed by atoms with Crippen LogP contribution in [0.5, 0.6) is 0 Å². The van der Waals surface area contributed by atoms with Crippen LogP contribution in [0.4, 0.5) is 0 Å². The molecular formula is C15H20N2O2. The van der Waals surface area contributed by atoms with E-state index in [-0.39, 0.29) is 5.91 Å². The van der Waals surface area contributed by atoms with Gasteiger partial charge in [-0.15, -0.1) is 0 Å². The third-order valence-corrected chi connectivity index (χ3v) is 2.55. The molecule has 0 saturated carbocycles. The molecule has 0 radical (unpaired) electrons. The second-order valence-corrected chi connectivity index (χ2v) is 3.99. The number of carbonyl (C=O) groups excluding carboxylic acids is 1. The molecule has 0 fully saturated rings. The number of nitrogens with two attached hydrogens (primary N) is 1. The molecule has 0 aliphatic heterocycles. The van der Waals surface area contributed by atoms with Crippen LogP contribution in [-0.2, 0) is 4.74 Å². The van der Waals surface area contributed by atoms with Crippen LogP contribution in [0.15, 0.2) is 18.2 Å². The third-order valence-electron chi connectivity index (χ3n) is 2.55. The van der Waals surface area contributed by atoms with Gasteiger partial charge < -0.3 is 15.8 Å². The number of amides is 1. The Labute approximate surface area is 114 Å². The summed E-state index contributed by atoms with van der Waals surface area (Å²) in [5.41, 5.74) is 7.69. The Bertz CT molecular complexity index is 487. The Hall–Kier alpha value is -1.83. The highest BCUT2D eigenvalue weighted by Gasteiger charge is 2.08. The van der Waals surface area contributed by atoms with Crippen molar-refractivity contribution in [3.63, 3.8) is 0 Å². The maximum Gasteiger partial charge on any atom is 0.251 e. The predicted octanol–water partition coefficient (Wildman–Crippen LogP) is 1.07. The molecule has 0 spiro atoms. The van der Waals surface area contributed by atoms with Gasteiger partial charge in [0.1, 0.15) is 0 Å². The Morgan fingerprint density at radius 2 is 2.26 bits per heavy atom. The molecule has 1 rings (SSSR count). The van der Waals surface area contributed by atoms with Crippen LogP contribution in [-0.4, -0.2) is 32.2 Å². The molecule has 1 amide bonds. The zero-order chi connectivity index (χ0) is 14.1. The molecule has 102 valence electrons. The molecule has 0 bridgehead atoms. The molecule has 4 heteroatoms. The minimum absolute atomic E-state index is 0.103. The van der Waals surface area contributed by atoms with Gasteiger partial charge in [0, 0.05) is 24.3 Å². The number of hydrogen-bond acceptors (Lipinski definition) is 3. The Balaban J connectivity index is 2.72. The van der Waals surface area contributed by atoms with Crippen molar-refractivity contribution in [1.29, 1.82) is 0 Å². The van der Waals surface area contributed by atoms with Crippen LogP contribution in [0.2, 0.25) is 0 Å². The highest BCUT2D eigenvalue weighted by molar-refractivity contribution is 5.96. The molecule has 0 aliphatic carbocycles. The number of nitrogens with one attached hydrogen (secondary N) is 1. The fourth-order valence-electron chi connectivity index (χ4n) is 1.57. The molecule has 4 nitrogen and oxygen atoms in total. The summed E-state index contributed by atoms with van der Waals surface area (Å²) in [6.07, 6.45) is 0. The van der Waals surface area contributed by atoms with Gasteiger partial charge in [0.2, 0.25) is 0 Å². The van der Waals surface area contributed by atoms with Gasteiger partial charge >= 0.3 is 0 Å². The standard InChI is InChI=1S/C15H20N2O2/c1-3-19-10-9-17-15(18)14-11-13(5-4-8-16)7-6-12(14)2/h6-7,11H,3,8-10,16H2,1-2H3,(H,17,18). The Morgan fingerprint density at radius 3 is 2.95 bits per heavy atom. The average molecular weight is 260 g/mol. The summed E-state index contributed by atoms with van der Waals surface area (Å²) in [5.74, 6) is 5.60. The predicted molar refractivity (Wildman–Crippen MR) is 75.9 cm³/mol. The molecule has 1 aromatic carbocycles.